The molecule has 0 radical (unpaired) electrons. The molecule has 3 heterocycles. The van der Waals surface area contributed by atoms with Gasteiger partial charge in [0.25, 0.3) is 5.91 Å². The molecule has 4 amide bonds. The molecule has 11 nitrogen and oxygen atoms in total. The fourth-order valence-electron chi connectivity index (χ4n) is 4.01. The molecule has 1 atom stereocenters. The lowest BCUT2D eigenvalue weighted by Crippen LogP contribution is -2.52. The lowest BCUT2D eigenvalue weighted by atomic mass is 9.91. The Labute approximate surface area is 189 Å². The number of rotatable bonds is 4. The van der Waals surface area contributed by atoms with E-state index in [1.54, 1.807) is 43.0 Å². The number of carbonyl (C=O) groups excluding carboxylic acids is 3. The number of carbonyl (C=O) groups is 3. The third kappa shape index (κ3) is 3.85. The van der Waals surface area contributed by atoms with E-state index in [2.05, 4.69) is 10.3 Å². The molecule has 0 bridgehead atoms. The summed E-state index contributed by atoms with van der Waals surface area (Å²) in [5.41, 5.74) is -0.150. The van der Waals surface area contributed by atoms with Crippen LogP contribution in [0.5, 0.6) is 0 Å². The van der Waals surface area contributed by atoms with Crippen molar-refractivity contribution in [3.63, 3.8) is 0 Å². The van der Waals surface area contributed by atoms with E-state index in [9.17, 15) is 19.6 Å². The number of aromatic nitrogens is 1. The number of piperazine rings is 1. The van der Waals surface area contributed by atoms with Crippen molar-refractivity contribution in [2.45, 2.75) is 19.4 Å². The van der Waals surface area contributed by atoms with Crippen molar-refractivity contribution in [1.82, 2.24) is 20.1 Å². The van der Waals surface area contributed by atoms with Crippen LogP contribution in [0, 0.1) is 29.6 Å². The standard InChI is InChI=1S/C22H21N7O4/c1-14-25-17(12-24)19(33-14)28-9-7-27(8-10-28)18(30)13-29-20(31)22(2,26-21(29)32)16-5-3-15(11-23)4-6-16/h3-6H,7-10,13H2,1-2H3,(H,26,32). The van der Waals surface area contributed by atoms with Crippen LogP contribution in [0.25, 0.3) is 0 Å². The summed E-state index contributed by atoms with van der Waals surface area (Å²) in [6.07, 6.45) is 0. The normalized spacial score (nSPS) is 20.4. The van der Waals surface area contributed by atoms with Crippen LogP contribution >= 0.6 is 0 Å². The predicted molar refractivity (Wildman–Crippen MR) is 114 cm³/mol. The zero-order valence-corrected chi connectivity index (χ0v) is 18.2. The van der Waals surface area contributed by atoms with Gasteiger partial charge in [-0.15, -0.1) is 0 Å². The second kappa shape index (κ2) is 8.28. The summed E-state index contributed by atoms with van der Waals surface area (Å²) < 4.78 is 5.52. The number of nitriles is 2. The monoisotopic (exact) mass is 447 g/mol. The fourth-order valence-corrected chi connectivity index (χ4v) is 4.01. The first-order valence-corrected chi connectivity index (χ1v) is 10.3. The molecule has 0 spiro atoms. The highest BCUT2D eigenvalue weighted by Crippen LogP contribution is 2.29. The Hall–Kier alpha value is -4.38. The third-order valence-electron chi connectivity index (χ3n) is 5.90. The highest BCUT2D eigenvalue weighted by molar-refractivity contribution is 6.09. The number of hydrogen-bond acceptors (Lipinski definition) is 8. The Morgan fingerprint density at radius 2 is 1.82 bits per heavy atom. The minimum Gasteiger partial charge on any atom is -0.424 e. The van der Waals surface area contributed by atoms with Gasteiger partial charge in [-0.1, -0.05) is 12.1 Å². The molecule has 2 aliphatic heterocycles. The first-order chi connectivity index (χ1) is 15.8. The molecule has 1 unspecified atom stereocenters. The first kappa shape index (κ1) is 21.8. The van der Waals surface area contributed by atoms with Gasteiger partial charge in [0.05, 0.1) is 11.6 Å². The Morgan fingerprint density at radius 3 is 2.42 bits per heavy atom. The Morgan fingerprint density at radius 1 is 1.15 bits per heavy atom. The van der Waals surface area contributed by atoms with E-state index in [0.717, 1.165) is 4.90 Å². The summed E-state index contributed by atoms with van der Waals surface area (Å²) in [7, 11) is 0. The lowest BCUT2D eigenvalue weighted by molar-refractivity contribution is -0.139. The second-order valence-electron chi connectivity index (χ2n) is 8.00. The topological polar surface area (TPSA) is 147 Å². The summed E-state index contributed by atoms with van der Waals surface area (Å²) >= 11 is 0. The molecule has 2 fully saturated rings. The Bertz CT molecular complexity index is 1200. The number of benzene rings is 1. The van der Waals surface area contributed by atoms with E-state index in [1.165, 1.54) is 0 Å². The van der Waals surface area contributed by atoms with Crippen molar-refractivity contribution in [2.75, 3.05) is 37.6 Å². The summed E-state index contributed by atoms with van der Waals surface area (Å²) in [4.78, 5) is 46.8. The van der Waals surface area contributed by atoms with Crippen molar-refractivity contribution in [1.29, 1.82) is 10.5 Å². The second-order valence-corrected chi connectivity index (χ2v) is 8.00. The van der Waals surface area contributed by atoms with Gasteiger partial charge >= 0.3 is 6.03 Å². The van der Waals surface area contributed by atoms with Crippen LogP contribution in [-0.2, 0) is 15.1 Å². The predicted octanol–water partition coefficient (Wildman–Crippen LogP) is 0.842. The summed E-state index contributed by atoms with van der Waals surface area (Å²) in [6, 6.07) is 9.73. The molecular formula is C22H21N7O4. The number of imide groups is 1. The van der Waals surface area contributed by atoms with E-state index in [-0.39, 0.29) is 18.1 Å². The van der Waals surface area contributed by atoms with E-state index >= 15 is 0 Å². The van der Waals surface area contributed by atoms with Crippen LogP contribution in [0.3, 0.4) is 0 Å². The van der Waals surface area contributed by atoms with Gasteiger partial charge < -0.3 is 19.5 Å². The maximum atomic E-state index is 13.1. The SMILES string of the molecule is Cc1nc(C#N)c(N2CCN(C(=O)CN3C(=O)NC(C)(c4ccc(C#N)cc4)C3=O)CC2)o1. The zero-order valence-electron chi connectivity index (χ0n) is 18.2. The quantitative estimate of drug-likeness (QED) is 0.679. The number of aryl methyl sites for hydroxylation is 1. The largest absolute Gasteiger partial charge is 0.424 e. The molecule has 4 rings (SSSR count). The number of nitrogens with one attached hydrogen (secondary N) is 1. The van der Waals surface area contributed by atoms with Crippen LogP contribution in [0.2, 0.25) is 0 Å². The molecule has 2 aromatic rings. The number of hydrogen-bond donors (Lipinski definition) is 1. The maximum Gasteiger partial charge on any atom is 0.325 e. The lowest BCUT2D eigenvalue weighted by Gasteiger charge is -2.35. The molecule has 0 aliphatic carbocycles. The molecule has 1 aromatic carbocycles. The van der Waals surface area contributed by atoms with E-state index in [0.29, 0.717) is 49.1 Å². The molecule has 168 valence electrons. The van der Waals surface area contributed by atoms with Gasteiger partial charge in [0.2, 0.25) is 17.5 Å². The third-order valence-corrected chi connectivity index (χ3v) is 5.90. The molecular weight excluding hydrogens is 426 g/mol. The average Bonchev–Trinajstić information content (AvgIpc) is 3.31. The molecule has 33 heavy (non-hydrogen) atoms. The van der Waals surface area contributed by atoms with Crippen molar-refractivity contribution >= 4 is 23.7 Å². The van der Waals surface area contributed by atoms with Gasteiger partial charge in [0.15, 0.2) is 5.89 Å². The van der Waals surface area contributed by atoms with Crippen LogP contribution in [0.4, 0.5) is 10.7 Å². The van der Waals surface area contributed by atoms with Gasteiger partial charge in [-0.2, -0.15) is 10.5 Å². The van der Waals surface area contributed by atoms with Crippen LogP contribution in [0.15, 0.2) is 28.7 Å². The van der Waals surface area contributed by atoms with Crippen molar-refractivity contribution in [3.05, 3.63) is 47.0 Å². The van der Waals surface area contributed by atoms with E-state index in [4.69, 9.17) is 9.68 Å². The van der Waals surface area contributed by atoms with Crippen LogP contribution in [-0.4, -0.2) is 65.4 Å². The highest BCUT2D eigenvalue weighted by Gasteiger charge is 2.49. The average molecular weight is 447 g/mol. The zero-order chi connectivity index (χ0) is 23.8. The molecule has 0 saturated carbocycles. The number of amides is 4. The molecule has 11 heteroatoms. The van der Waals surface area contributed by atoms with E-state index in [1.807, 2.05) is 17.0 Å². The minimum absolute atomic E-state index is 0.202. The Kier molecular flexibility index (Phi) is 5.48. The summed E-state index contributed by atoms with van der Waals surface area (Å²) in [6.45, 7) is 4.41. The molecule has 1 N–H and O–H groups in total. The fraction of sp³-hybridized carbons (Fsp3) is 0.364. The summed E-state index contributed by atoms with van der Waals surface area (Å²) in [5.74, 6) is -0.102. The van der Waals surface area contributed by atoms with Crippen molar-refractivity contribution in [2.24, 2.45) is 0 Å². The van der Waals surface area contributed by atoms with Crippen LogP contribution in [0.1, 0.15) is 29.6 Å². The van der Waals surface area contributed by atoms with Gasteiger partial charge in [0, 0.05) is 33.1 Å². The molecule has 2 aliphatic rings. The highest BCUT2D eigenvalue weighted by atomic mass is 16.4. The minimum atomic E-state index is -1.32. The smallest absolute Gasteiger partial charge is 0.325 e. The van der Waals surface area contributed by atoms with Crippen molar-refractivity contribution in [3.8, 4) is 12.1 Å². The number of oxazole rings is 1. The van der Waals surface area contributed by atoms with Gasteiger partial charge in [-0.25, -0.2) is 9.78 Å². The Balaban J connectivity index is 1.40. The molecule has 2 saturated heterocycles. The van der Waals surface area contributed by atoms with Crippen LogP contribution < -0.4 is 10.2 Å². The van der Waals surface area contributed by atoms with Crippen molar-refractivity contribution < 1.29 is 18.8 Å². The summed E-state index contributed by atoms with van der Waals surface area (Å²) in [5, 5.41) is 20.8. The maximum absolute atomic E-state index is 13.1. The number of urea groups is 1. The van der Waals surface area contributed by atoms with Gasteiger partial charge in [0.1, 0.15) is 18.2 Å². The first-order valence-electron chi connectivity index (χ1n) is 10.3. The molecule has 1 aromatic heterocycles. The van der Waals surface area contributed by atoms with E-state index < -0.39 is 17.5 Å². The van der Waals surface area contributed by atoms with Gasteiger partial charge in [-0.05, 0) is 24.6 Å². The van der Waals surface area contributed by atoms with Gasteiger partial charge in [-0.3, -0.25) is 14.5 Å². The number of nitrogens with zero attached hydrogens (tertiary/aromatic N) is 6. The number of anilines is 1.